The van der Waals surface area contributed by atoms with Gasteiger partial charge in [-0.05, 0) is 6.42 Å². The zero-order chi connectivity index (χ0) is 7.70. The quantitative estimate of drug-likeness (QED) is 0.637. The van der Waals surface area contributed by atoms with Crippen molar-refractivity contribution in [1.29, 1.82) is 0 Å². The van der Waals surface area contributed by atoms with Gasteiger partial charge < -0.3 is 5.32 Å². The summed E-state index contributed by atoms with van der Waals surface area (Å²) in [6, 6.07) is 0. The summed E-state index contributed by atoms with van der Waals surface area (Å²) in [5.41, 5.74) is 0. The van der Waals surface area contributed by atoms with Crippen molar-refractivity contribution in [2.45, 2.75) is 41.0 Å². The van der Waals surface area contributed by atoms with E-state index < -0.39 is 0 Å². The van der Waals surface area contributed by atoms with Gasteiger partial charge in [-0.25, -0.2) is 0 Å². The van der Waals surface area contributed by atoms with Crippen LogP contribution in [0.25, 0.3) is 0 Å². The number of hydrogen-bond acceptors (Lipinski definition) is 1. The fourth-order valence-corrected chi connectivity index (χ4v) is 0.352. The average Bonchev–Trinajstić information content (AvgIpc) is 1.93. The van der Waals surface area contributed by atoms with Gasteiger partial charge in [0.2, 0.25) is 5.91 Å². The largest absolute Gasteiger partial charge is 0.359 e. The molecule has 0 atom stereocenters. The molecular weight excluding hydrogens is 126 g/mol. The van der Waals surface area contributed by atoms with Crippen LogP contribution in [-0.2, 0) is 4.79 Å². The predicted molar refractivity (Wildman–Crippen MR) is 47.1 cm³/mol. The van der Waals surface area contributed by atoms with Gasteiger partial charge in [-0.2, -0.15) is 0 Å². The van der Waals surface area contributed by atoms with Gasteiger partial charge in [-0.3, -0.25) is 4.79 Å². The maximum absolute atomic E-state index is 10.3. The molecule has 0 fully saturated rings. The summed E-state index contributed by atoms with van der Waals surface area (Å²) in [5.74, 6) is 0.127. The van der Waals surface area contributed by atoms with Crippen LogP contribution in [0.1, 0.15) is 41.0 Å². The molecule has 0 aliphatic carbocycles. The van der Waals surface area contributed by atoms with E-state index in [1.807, 2.05) is 20.8 Å². The third-order valence-electron chi connectivity index (χ3n) is 0.756. The molecule has 0 bridgehead atoms. The molecule has 64 valence electrons. The van der Waals surface area contributed by atoms with Gasteiger partial charge in [-0.1, -0.05) is 28.2 Å². The predicted octanol–water partition coefficient (Wildman–Crippen LogP) is 2.19. The highest BCUT2D eigenvalue weighted by molar-refractivity contribution is 5.75. The van der Waals surface area contributed by atoms with Gasteiger partial charge in [0.15, 0.2) is 0 Å². The molecule has 0 aromatic heterocycles. The fraction of sp³-hybridized carbons (Fsp3) is 0.875. The van der Waals surface area contributed by atoms with Crippen LogP contribution < -0.4 is 5.32 Å². The zero-order valence-corrected chi connectivity index (χ0v) is 6.82. The van der Waals surface area contributed by atoms with E-state index in [2.05, 4.69) is 5.32 Å². The molecular formula is C8H21NO. The Balaban J connectivity index is -0.000000149. The molecule has 2 nitrogen and oxygen atoms in total. The lowest BCUT2D eigenvalue weighted by atomic mass is 10.3. The third-order valence-corrected chi connectivity index (χ3v) is 0.756. The lowest BCUT2D eigenvalue weighted by Gasteiger charge is -1.91. The number of nitrogens with one attached hydrogen (secondary N) is 1. The maximum Gasteiger partial charge on any atom is 0.219 e. The van der Waals surface area contributed by atoms with Crippen LogP contribution in [0.3, 0.4) is 0 Å². The molecule has 0 saturated heterocycles. The van der Waals surface area contributed by atoms with Crippen LogP contribution in [0, 0.1) is 0 Å². The Kier molecular flexibility index (Phi) is 25.6. The first kappa shape index (κ1) is 16.2. The van der Waals surface area contributed by atoms with Crippen molar-refractivity contribution in [3.8, 4) is 0 Å². The summed E-state index contributed by atoms with van der Waals surface area (Å²) in [4.78, 5) is 10.3. The Labute approximate surface area is 65.0 Å². The van der Waals surface area contributed by atoms with Crippen LogP contribution >= 0.6 is 0 Å². The van der Waals surface area contributed by atoms with E-state index in [0.29, 0.717) is 6.42 Å². The molecule has 1 N–H and O–H groups in total. The average molecular weight is 147 g/mol. The monoisotopic (exact) mass is 147 g/mol. The summed E-state index contributed by atoms with van der Waals surface area (Å²) >= 11 is 0. The van der Waals surface area contributed by atoms with Gasteiger partial charge in [-0.15, -0.1) is 0 Å². The molecule has 0 aromatic carbocycles. The Morgan fingerprint density at radius 3 is 1.90 bits per heavy atom. The van der Waals surface area contributed by atoms with Crippen LogP contribution in [-0.4, -0.2) is 13.0 Å². The molecule has 0 radical (unpaired) electrons. The van der Waals surface area contributed by atoms with Gasteiger partial charge in [0.25, 0.3) is 0 Å². The van der Waals surface area contributed by atoms with Crippen LogP contribution in [0.4, 0.5) is 0 Å². The molecule has 0 saturated carbocycles. The van der Waals surface area contributed by atoms with E-state index in [1.165, 1.54) is 0 Å². The number of carbonyl (C=O) groups excluding carboxylic acids is 1. The van der Waals surface area contributed by atoms with E-state index >= 15 is 0 Å². The van der Waals surface area contributed by atoms with Crippen LogP contribution in [0.2, 0.25) is 0 Å². The van der Waals surface area contributed by atoms with Crippen molar-refractivity contribution in [2.24, 2.45) is 0 Å². The molecule has 10 heavy (non-hydrogen) atoms. The zero-order valence-electron chi connectivity index (χ0n) is 6.82. The Bertz CT molecular complexity index is 62.3. The smallest absolute Gasteiger partial charge is 0.219 e. The lowest BCUT2D eigenvalue weighted by molar-refractivity contribution is -0.120. The van der Waals surface area contributed by atoms with Crippen molar-refractivity contribution >= 4 is 5.91 Å². The van der Waals surface area contributed by atoms with Gasteiger partial charge in [0, 0.05) is 13.5 Å². The third kappa shape index (κ3) is 15.6. The summed E-state index contributed by atoms with van der Waals surface area (Å²) < 4.78 is 0. The molecule has 0 unspecified atom stereocenters. The second kappa shape index (κ2) is 15.8. The molecule has 0 aliphatic rings. The van der Waals surface area contributed by atoms with Gasteiger partial charge >= 0.3 is 0 Å². The van der Waals surface area contributed by atoms with Crippen molar-refractivity contribution in [3.05, 3.63) is 0 Å². The van der Waals surface area contributed by atoms with Crippen molar-refractivity contribution in [3.63, 3.8) is 0 Å². The summed E-state index contributed by atoms with van der Waals surface area (Å²) in [5, 5.41) is 2.53. The van der Waals surface area contributed by atoms with Gasteiger partial charge in [0.05, 0.1) is 0 Å². The van der Waals surface area contributed by atoms with E-state index in [1.54, 1.807) is 7.05 Å². The molecule has 0 aliphatic heterocycles. The Hall–Kier alpha value is -0.530. The maximum atomic E-state index is 10.3. The number of hydrogen-bond donors (Lipinski definition) is 1. The summed E-state index contributed by atoms with van der Waals surface area (Å²) in [7, 11) is 1.65. The lowest BCUT2D eigenvalue weighted by Crippen LogP contribution is -2.16. The number of amides is 1. The molecule has 0 rings (SSSR count). The second-order valence-corrected chi connectivity index (χ2v) is 1.42. The van der Waals surface area contributed by atoms with Crippen molar-refractivity contribution in [2.75, 3.05) is 7.05 Å². The van der Waals surface area contributed by atoms with Crippen LogP contribution in [0.15, 0.2) is 0 Å². The second-order valence-electron chi connectivity index (χ2n) is 1.42. The SMILES string of the molecule is C.CC.CCCC(=O)NC. The minimum atomic E-state index is 0. The normalized spacial score (nSPS) is 6.40. The minimum Gasteiger partial charge on any atom is -0.359 e. The summed E-state index contributed by atoms with van der Waals surface area (Å²) in [6.07, 6.45) is 1.58. The van der Waals surface area contributed by atoms with E-state index in [9.17, 15) is 4.79 Å². The highest BCUT2D eigenvalue weighted by Crippen LogP contribution is 1.82. The molecule has 0 aromatic rings. The van der Waals surface area contributed by atoms with Crippen molar-refractivity contribution < 1.29 is 4.79 Å². The Morgan fingerprint density at radius 2 is 1.80 bits per heavy atom. The number of rotatable bonds is 2. The molecule has 0 spiro atoms. The van der Waals surface area contributed by atoms with Crippen molar-refractivity contribution in [1.82, 2.24) is 5.32 Å². The van der Waals surface area contributed by atoms with E-state index in [0.717, 1.165) is 6.42 Å². The highest BCUT2D eigenvalue weighted by atomic mass is 16.1. The van der Waals surface area contributed by atoms with Crippen LogP contribution in [0.5, 0.6) is 0 Å². The van der Waals surface area contributed by atoms with E-state index in [-0.39, 0.29) is 13.3 Å². The molecule has 0 heterocycles. The molecule has 2 heteroatoms. The first-order valence-corrected chi connectivity index (χ1v) is 3.51. The first-order chi connectivity index (χ1) is 4.31. The van der Waals surface area contributed by atoms with E-state index in [4.69, 9.17) is 0 Å². The summed E-state index contributed by atoms with van der Waals surface area (Å²) in [6.45, 7) is 5.98. The topological polar surface area (TPSA) is 29.1 Å². The number of carbonyl (C=O) groups is 1. The first-order valence-electron chi connectivity index (χ1n) is 3.51. The highest BCUT2D eigenvalue weighted by Gasteiger charge is 1.89. The fourth-order valence-electron chi connectivity index (χ4n) is 0.352. The van der Waals surface area contributed by atoms with Gasteiger partial charge in [0.1, 0.15) is 0 Å². The molecule has 1 amide bonds. The Morgan fingerprint density at radius 1 is 1.40 bits per heavy atom. The standard InChI is InChI=1S/C5H11NO.C2H6.CH4/c1-3-4-5(7)6-2;1-2;/h3-4H2,1-2H3,(H,6,7);1-2H3;1H4. The minimum absolute atomic E-state index is 0.